The van der Waals surface area contributed by atoms with Crippen molar-refractivity contribution in [3.63, 3.8) is 0 Å². The highest BCUT2D eigenvalue weighted by Crippen LogP contribution is 2.22. The Labute approximate surface area is 245 Å². The number of nitrogens with one attached hydrogen (secondary N) is 2. The summed E-state index contributed by atoms with van der Waals surface area (Å²) in [4.78, 5) is 32.7. The molecule has 0 fully saturated rings. The Morgan fingerprint density at radius 3 is 2.20 bits per heavy atom. The smallest absolute Gasteiger partial charge is 0.410 e. The van der Waals surface area contributed by atoms with Gasteiger partial charge in [0, 0.05) is 24.5 Å². The van der Waals surface area contributed by atoms with Gasteiger partial charge in [-0.1, -0.05) is 108 Å². The second-order valence-corrected chi connectivity index (χ2v) is 11.1. The van der Waals surface area contributed by atoms with Crippen molar-refractivity contribution in [2.75, 3.05) is 29.5 Å². The number of carbonyl (C=O) groups is 2. The largest absolute Gasteiger partial charge is 0.417 e. The van der Waals surface area contributed by atoms with E-state index in [1.807, 2.05) is 25.1 Å². The molecule has 0 spiro atoms. The number of thioether (sulfide) groups is 1. The van der Waals surface area contributed by atoms with Crippen LogP contribution < -0.4 is 15.4 Å². The molecule has 0 radical (unpaired) electrons. The monoisotopic (exact) mass is 568 g/mol. The van der Waals surface area contributed by atoms with E-state index in [1.165, 1.54) is 38.5 Å². The predicted molar refractivity (Wildman–Crippen MR) is 171 cm³/mol. The molecule has 7 nitrogen and oxygen atoms in total. The topological polar surface area (TPSA) is 83.0 Å². The minimum atomic E-state index is -0.584. The number of hydrogen-bond acceptors (Lipinski definition) is 5. The van der Waals surface area contributed by atoms with Crippen LogP contribution >= 0.6 is 11.8 Å². The van der Waals surface area contributed by atoms with Crippen molar-refractivity contribution < 1.29 is 14.3 Å². The lowest BCUT2D eigenvalue weighted by molar-refractivity contribution is 0.215. The van der Waals surface area contributed by atoms with Crippen LogP contribution in [0.15, 0.2) is 53.5 Å². The molecule has 2 N–H and O–H groups in total. The third kappa shape index (κ3) is 12.9. The Morgan fingerprint density at radius 2 is 1.52 bits per heavy atom. The Kier molecular flexibility index (Phi) is 16.6. The quantitative estimate of drug-likeness (QED) is 0.120. The van der Waals surface area contributed by atoms with Gasteiger partial charge in [0.15, 0.2) is 5.17 Å². The molecular formula is C32H48N4O3S. The summed E-state index contributed by atoms with van der Waals surface area (Å²) >= 11 is 1.62. The number of anilines is 2. The van der Waals surface area contributed by atoms with Crippen LogP contribution in [0, 0.1) is 6.92 Å². The number of urea groups is 1. The first-order chi connectivity index (χ1) is 19.5. The fourth-order valence-corrected chi connectivity index (χ4v) is 4.91. The molecule has 0 atom stereocenters. The molecule has 40 heavy (non-hydrogen) atoms. The summed E-state index contributed by atoms with van der Waals surface area (Å²) in [6.07, 6.45) is 10.9. The first-order valence-corrected chi connectivity index (χ1v) is 15.9. The molecule has 0 aliphatic carbocycles. The molecule has 2 aromatic rings. The van der Waals surface area contributed by atoms with Gasteiger partial charge in [-0.15, -0.1) is 0 Å². The maximum atomic E-state index is 13.6. The number of hydrogen-bond donors (Lipinski definition) is 2. The fourth-order valence-electron chi connectivity index (χ4n) is 4.14. The van der Waals surface area contributed by atoms with E-state index in [9.17, 15) is 9.59 Å². The number of amides is 3. The lowest BCUT2D eigenvalue weighted by Gasteiger charge is -2.24. The van der Waals surface area contributed by atoms with Crippen LogP contribution in [-0.4, -0.2) is 41.0 Å². The summed E-state index contributed by atoms with van der Waals surface area (Å²) in [6.45, 7) is 9.76. The molecule has 2 rings (SSSR count). The van der Waals surface area contributed by atoms with Crippen molar-refractivity contribution in [2.24, 2.45) is 4.99 Å². The van der Waals surface area contributed by atoms with Gasteiger partial charge < -0.3 is 10.1 Å². The first-order valence-electron chi connectivity index (χ1n) is 14.9. The number of benzene rings is 2. The summed E-state index contributed by atoms with van der Waals surface area (Å²) in [5.74, 6) is 1.30. The average Bonchev–Trinajstić information content (AvgIpc) is 2.94. The summed E-state index contributed by atoms with van der Waals surface area (Å²) < 4.78 is 5.37. The third-order valence-electron chi connectivity index (χ3n) is 6.42. The summed E-state index contributed by atoms with van der Waals surface area (Å²) in [5.41, 5.74) is 2.04. The SMILES string of the molecule is CCCCCCCN=C(SCC)N(CCCCCCC)C(=O)Nc1ccc(C)c(NC(=O)Oc2ccccc2)c1. The zero-order chi connectivity index (χ0) is 29.0. The highest BCUT2D eigenvalue weighted by molar-refractivity contribution is 8.13. The molecule has 0 unspecified atom stereocenters. The number of unbranched alkanes of at least 4 members (excludes halogenated alkanes) is 8. The van der Waals surface area contributed by atoms with Gasteiger partial charge in [-0.25, -0.2) is 9.59 Å². The van der Waals surface area contributed by atoms with Gasteiger partial charge in [0.05, 0.1) is 0 Å². The van der Waals surface area contributed by atoms with E-state index in [4.69, 9.17) is 9.73 Å². The van der Waals surface area contributed by atoms with Gasteiger partial charge in [0.1, 0.15) is 5.75 Å². The maximum Gasteiger partial charge on any atom is 0.417 e. The molecule has 8 heteroatoms. The molecule has 0 saturated heterocycles. The molecule has 3 amide bonds. The van der Waals surface area contributed by atoms with Crippen molar-refractivity contribution in [3.8, 4) is 5.75 Å². The van der Waals surface area contributed by atoms with E-state index in [1.54, 1.807) is 47.0 Å². The maximum absolute atomic E-state index is 13.6. The fraction of sp³-hybridized carbons (Fsp3) is 0.531. The molecule has 220 valence electrons. The number of nitrogens with zero attached hydrogens (tertiary/aromatic N) is 2. The Morgan fingerprint density at radius 1 is 0.850 bits per heavy atom. The molecule has 0 aliphatic rings. The van der Waals surface area contributed by atoms with Crippen molar-refractivity contribution in [1.82, 2.24) is 4.90 Å². The highest BCUT2D eigenvalue weighted by Gasteiger charge is 2.20. The molecule has 2 aromatic carbocycles. The van der Waals surface area contributed by atoms with Crippen LogP contribution in [-0.2, 0) is 0 Å². The van der Waals surface area contributed by atoms with Gasteiger partial charge in [-0.3, -0.25) is 15.2 Å². The number of aryl methyl sites for hydroxylation is 1. The van der Waals surface area contributed by atoms with Gasteiger partial charge >= 0.3 is 12.1 Å². The number of amidine groups is 1. The number of carbonyl (C=O) groups excluding carboxylic acids is 2. The van der Waals surface area contributed by atoms with Crippen LogP contribution in [0.2, 0.25) is 0 Å². The van der Waals surface area contributed by atoms with Crippen molar-refractivity contribution in [1.29, 1.82) is 0 Å². The lowest BCUT2D eigenvalue weighted by atomic mass is 10.1. The minimum absolute atomic E-state index is 0.206. The average molecular weight is 569 g/mol. The van der Waals surface area contributed by atoms with Gasteiger partial charge in [0.2, 0.25) is 0 Å². The summed E-state index contributed by atoms with van der Waals surface area (Å²) in [7, 11) is 0. The molecule has 0 saturated carbocycles. The van der Waals surface area contributed by atoms with Gasteiger partial charge in [0.25, 0.3) is 0 Å². The van der Waals surface area contributed by atoms with Crippen LogP contribution in [0.4, 0.5) is 21.0 Å². The first kappa shape index (κ1) is 33.2. The normalized spacial score (nSPS) is 11.2. The van der Waals surface area contributed by atoms with E-state index in [0.29, 0.717) is 23.7 Å². The van der Waals surface area contributed by atoms with E-state index in [-0.39, 0.29) is 6.03 Å². The number of ether oxygens (including phenoxy) is 1. The molecule has 0 aliphatic heterocycles. The standard InChI is InChI=1S/C32H48N4O3S/c1-5-8-10-12-17-23-33-31(40-7-3)36(24-18-13-11-9-6-2)30(37)34-27-22-21-26(4)29(25-27)35-32(38)39-28-19-15-14-16-20-28/h14-16,19-22,25H,5-13,17-18,23-24H2,1-4H3,(H,34,37)(H,35,38). The molecule has 0 aromatic heterocycles. The lowest BCUT2D eigenvalue weighted by Crippen LogP contribution is -2.39. The summed E-state index contributed by atoms with van der Waals surface area (Å²) in [5, 5.41) is 6.62. The van der Waals surface area contributed by atoms with Crippen molar-refractivity contribution >= 4 is 40.4 Å². The number of para-hydroxylation sites is 1. The van der Waals surface area contributed by atoms with Crippen LogP contribution in [0.3, 0.4) is 0 Å². The molecule has 0 heterocycles. The Bertz CT molecular complexity index is 1050. The van der Waals surface area contributed by atoms with Crippen molar-refractivity contribution in [3.05, 3.63) is 54.1 Å². The molecular weight excluding hydrogens is 520 g/mol. The predicted octanol–water partition coefficient (Wildman–Crippen LogP) is 9.49. The Balaban J connectivity index is 2.12. The third-order valence-corrected chi connectivity index (χ3v) is 7.32. The Hall–Kier alpha value is -3.00. The number of aliphatic imine (C=N–C) groups is 1. The van der Waals surface area contributed by atoms with Crippen molar-refractivity contribution in [2.45, 2.75) is 91.9 Å². The minimum Gasteiger partial charge on any atom is -0.410 e. The van der Waals surface area contributed by atoms with Crippen LogP contribution in [0.1, 0.15) is 90.5 Å². The van der Waals surface area contributed by atoms with E-state index in [0.717, 1.165) is 48.7 Å². The summed E-state index contributed by atoms with van der Waals surface area (Å²) in [6, 6.07) is 14.2. The number of rotatable bonds is 16. The van der Waals surface area contributed by atoms with E-state index in [2.05, 4.69) is 31.4 Å². The van der Waals surface area contributed by atoms with Crippen LogP contribution in [0.5, 0.6) is 5.75 Å². The van der Waals surface area contributed by atoms with E-state index < -0.39 is 6.09 Å². The molecule has 0 bridgehead atoms. The zero-order valence-corrected chi connectivity index (χ0v) is 25.7. The van der Waals surface area contributed by atoms with E-state index >= 15 is 0 Å². The second kappa shape index (κ2) is 20.0. The second-order valence-electron chi connectivity index (χ2n) is 9.86. The van der Waals surface area contributed by atoms with Gasteiger partial charge in [-0.05, 0) is 55.3 Å². The van der Waals surface area contributed by atoms with Gasteiger partial charge in [-0.2, -0.15) is 0 Å². The van der Waals surface area contributed by atoms with Crippen LogP contribution in [0.25, 0.3) is 0 Å². The zero-order valence-electron chi connectivity index (χ0n) is 24.8. The highest BCUT2D eigenvalue weighted by atomic mass is 32.2.